The summed E-state index contributed by atoms with van der Waals surface area (Å²) in [5.74, 6) is 0.347. The molecular weight excluding hydrogens is 340 g/mol. The van der Waals surface area contributed by atoms with Crippen LogP contribution in [0.3, 0.4) is 0 Å². The molecule has 1 aromatic carbocycles. The van der Waals surface area contributed by atoms with Gasteiger partial charge in [0.1, 0.15) is 0 Å². The molecule has 0 aliphatic rings. The summed E-state index contributed by atoms with van der Waals surface area (Å²) in [4.78, 5) is 0. The second-order valence-corrected chi connectivity index (χ2v) is 13.7. The van der Waals surface area contributed by atoms with E-state index in [2.05, 4.69) is 46.9 Å². The molecule has 0 radical (unpaired) electrons. The Kier molecular flexibility index (Phi) is 9.24. The summed E-state index contributed by atoms with van der Waals surface area (Å²) in [5.41, 5.74) is 1.15. The Balaban J connectivity index is 2.34. The van der Waals surface area contributed by atoms with Crippen molar-refractivity contribution < 1.29 is 14.3 Å². The second kappa shape index (κ2) is 10.4. The van der Waals surface area contributed by atoms with Crippen LogP contribution in [0.15, 0.2) is 42.5 Å². The average Bonchev–Trinajstić information content (AvgIpc) is 2.57. The normalized spacial score (nSPS) is 16.6. The topological polar surface area (TPSA) is 38.7 Å². The highest BCUT2D eigenvalue weighted by Gasteiger charge is 2.37. The van der Waals surface area contributed by atoms with Crippen molar-refractivity contribution in [2.24, 2.45) is 11.8 Å². The van der Waals surface area contributed by atoms with E-state index in [9.17, 15) is 5.11 Å². The average molecular weight is 379 g/mol. The molecule has 3 nitrogen and oxygen atoms in total. The lowest BCUT2D eigenvalue weighted by Crippen LogP contribution is -2.41. The van der Waals surface area contributed by atoms with Gasteiger partial charge in [-0.05, 0) is 29.6 Å². The molecular formula is C22H38O3Si. The van der Waals surface area contributed by atoms with Crippen LogP contribution in [0.25, 0.3) is 0 Å². The van der Waals surface area contributed by atoms with Crippen molar-refractivity contribution in [2.45, 2.75) is 65.5 Å². The molecule has 0 fully saturated rings. The molecule has 1 aromatic rings. The van der Waals surface area contributed by atoms with E-state index in [1.165, 1.54) is 0 Å². The van der Waals surface area contributed by atoms with Gasteiger partial charge in [0.15, 0.2) is 8.32 Å². The summed E-state index contributed by atoms with van der Waals surface area (Å²) >= 11 is 0. The Labute approximate surface area is 161 Å². The van der Waals surface area contributed by atoms with Gasteiger partial charge in [0.25, 0.3) is 0 Å². The highest BCUT2D eigenvalue weighted by atomic mass is 28.4. The molecule has 1 N–H and O–H groups in total. The lowest BCUT2D eigenvalue weighted by molar-refractivity contribution is 0.0470. The molecule has 0 saturated carbocycles. The maximum absolute atomic E-state index is 10.3. The zero-order valence-corrected chi connectivity index (χ0v) is 18.7. The van der Waals surface area contributed by atoms with E-state index in [0.29, 0.717) is 19.8 Å². The minimum absolute atomic E-state index is 0.0588. The zero-order valence-electron chi connectivity index (χ0n) is 17.7. The molecule has 0 aliphatic heterocycles. The van der Waals surface area contributed by atoms with Crippen LogP contribution >= 0.6 is 0 Å². The third-order valence-electron chi connectivity index (χ3n) is 5.23. The Hall–Kier alpha value is -0.943. The molecule has 0 aromatic heterocycles. The number of hydrogen-bond donors (Lipinski definition) is 1. The van der Waals surface area contributed by atoms with Crippen LogP contribution in [0, 0.1) is 11.8 Å². The number of rotatable bonds is 10. The maximum atomic E-state index is 10.3. The predicted molar refractivity (Wildman–Crippen MR) is 113 cm³/mol. The Bertz CT molecular complexity index is 534. The van der Waals surface area contributed by atoms with Crippen LogP contribution in [0.5, 0.6) is 0 Å². The van der Waals surface area contributed by atoms with Gasteiger partial charge in [-0.2, -0.15) is 0 Å². The van der Waals surface area contributed by atoms with Gasteiger partial charge in [0, 0.05) is 12.5 Å². The fraction of sp³-hybridized carbons (Fsp3) is 0.636. The van der Waals surface area contributed by atoms with E-state index in [4.69, 9.17) is 9.16 Å². The van der Waals surface area contributed by atoms with Gasteiger partial charge in [-0.25, -0.2) is 0 Å². The van der Waals surface area contributed by atoms with E-state index in [-0.39, 0.29) is 16.9 Å². The summed E-state index contributed by atoms with van der Waals surface area (Å²) in [5, 5.41) is 10.5. The second-order valence-electron chi connectivity index (χ2n) is 8.90. The van der Waals surface area contributed by atoms with Crippen molar-refractivity contribution >= 4 is 8.32 Å². The number of benzene rings is 1. The fourth-order valence-corrected chi connectivity index (χ4v) is 3.25. The Morgan fingerprint density at radius 2 is 1.65 bits per heavy atom. The fourth-order valence-electron chi connectivity index (χ4n) is 2.14. The van der Waals surface area contributed by atoms with Crippen LogP contribution in [0.1, 0.15) is 40.2 Å². The first-order valence-corrected chi connectivity index (χ1v) is 12.6. The third-order valence-corrected chi connectivity index (χ3v) is 9.73. The van der Waals surface area contributed by atoms with Crippen molar-refractivity contribution in [2.75, 3.05) is 13.2 Å². The monoisotopic (exact) mass is 378 g/mol. The van der Waals surface area contributed by atoms with Crippen molar-refractivity contribution in [1.82, 2.24) is 0 Å². The van der Waals surface area contributed by atoms with Crippen LogP contribution < -0.4 is 0 Å². The Morgan fingerprint density at radius 3 is 2.23 bits per heavy atom. The van der Waals surface area contributed by atoms with Crippen LogP contribution in [0.2, 0.25) is 18.1 Å². The number of hydrogen-bond acceptors (Lipinski definition) is 3. The van der Waals surface area contributed by atoms with Crippen LogP contribution in [-0.4, -0.2) is 32.7 Å². The van der Waals surface area contributed by atoms with Gasteiger partial charge in [0.05, 0.1) is 19.3 Å². The summed E-state index contributed by atoms with van der Waals surface area (Å²) < 4.78 is 12.0. The number of ether oxygens (including phenoxy) is 1. The van der Waals surface area contributed by atoms with E-state index >= 15 is 0 Å². The molecule has 0 heterocycles. The largest absolute Gasteiger partial charge is 0.416 e. The van der Waals surface area contributed by atoms with Gasteiger partial charge in [-0.1, -0.05) is 77.1 Å². The summed E-state index contributed by atoms with van der Waals surface area (Å²) in [6.45, 7) is 17.3. The van der Waals surface area contributed by atoms with Gasteiger partial charge in [-0.15, -0.1) is 0 Å². The smallest absolute Gasteiger partial charge is 0.192 e. The molecule has 1 rings (SSSR count). The lowest BCUT2D eigenvalue weighted by Gasteiger charge is -2.36. The van der Waals surface area contributed by atoms with Gasteiger partial charge >= 0.3 is 0 Å². The van der Waals surface area contributed by atoms with E-state index < -0.39 is 14.4 Å². The van der Waals surface area contributed by atoms with E-state index in [1.54, 1.807) is 0 Å². The molecule has 148 valence electrons. The minimum atomic E-state index is -1.71. The molecule has 0 saturated heterocycles. The zero-order chi connectivity index (χ0) is 19.8. The molecule has 26 heavy (non-hydrogen) atoms. The van der Waals surface area contributed by atoms with Gasteiger partial charge in [-0.3, -0.25) is 0 Å². The van der Waals surface area contributed by atoms with Gasteiger partial charge < -0.3 is 14.3 Å². The molecule has 0 spiro atoms. The summed E-state index contributed by atoms with van der Waals surface area (Å²) in [6, 6.07) is 10.1. The molecule has 0 amide bonds. The van der Waals surface area contributed by atoms with Crippen LogP contribution in [0.4, 0.5) is 0 Å². The molecule has 0 bridgehead atoms. The summed E-state index contributed by atoms with van der Waals surface area (Å²) in [6.07, 6.45) is 3.45. The predicted octanol–water partition coefficient (Wildman–Crippen LogP) is 5.41. The Morgan fingerprint density at radius 1 is 1.04 bits per heavy atom. The van der Waals surface area contributed by atoms with E-state index in [0.717, 1.165) is 5.56 Å². The van der Waals surface area contributed by atoms with Crippen LogP contribution in [-0.2, 0) is 15.8 Å². The first kappa shape index (κ1) is 23.1. The lowest BCUT2D eigenvalue weighted by atomic mass is 10.0. The maximum Gasteiger partial charge on any atom is 0.192 e. The molecule has 4 heteroatoms. The first-order valence-electron chi connectivity index (χ1n) is 9.65. The highest BCUT2D eigenvalue weighted by molar-refractivity contribution is 6.74. The quantitative estimate of drug-likeness (QED) is 0.437. The van der Waals surface area contributed by atoms with E-state index in [1.807, 2.05) is 43.3 Å². The highest BCUT2D eigenvalue weighted by Crippen LogP contribution is 2.36. The molecule has 2 unspecified atom stereocenters. The molecule has 3 atom stereocenters. The minimum Gasteiger partial charge on any atom is -0.416 e. The van der Waals surface area contributed by atoms with Crippen molar-refractivity contribution in [3.05, 3.63) is 48.0 Å². The van der Waals surface area contributed by atoms with Crippen molar-refractivity contribution in [3.8, 4) is 0 Å². The number of aliphatic hydroxyl groups excluding tert-OH is 1. The van der Waals surface area contributed by atoms with Crippen molar-refractivity contribution in [1.29, 1.82) is 0 Å². The van der Waals surface area contributed by atoms with Gasteiger partial charge in [0.2, 0.25) is 0 Å². The van der Waals surface area contributed by atoms with Crippen molar-refractivity contribution in [3.63, 3.8) is 0 Å². The standard InChI is InChI=1S/C22H38O3Si/c1-18(15-25-26(6,7)22(3,4)5)13-14-21(23)19(2)16-24-17-20-11-9-8-10-12-20/h8-14,18-19,21,23H,15-17H2,1-7H3/b14-13+/t18?,19-,21?/m1/s1. The number of aliphatic hydroxyl groups is 1. The first-order chi connectivity index (χ1) is 12.0. The third kappa shape index (κ3) is 8.17. The summed E-state index contributed by atoms with van der Waals surface area (Å²) in [7, 11) is -1.71. The molecule has 0 aliphatic carbocycles. The SMILES string of the molecule is CC(/C=C/C(O)[C@H](C)COCc1ccccc1)CO[Si](C)(C)C(C)(C)C.